The molecule has 0 radical (unpaired) electrons. The van der Waals surface area contributed by atoms with Crippen LogP contribution in [-0.2, 0) is 14.4 Å². The number of carboxylic acid groups (broad SMARTS) is 1. The van der Waals surface area contributed by atoms with Gasteiger partial charge >= 0.3 is 5.97 Å². The van der Waals surface area contributed by atoms with Gasteiger partial charge in [-0.15, -0.1) is 11.8 Å². The highest BCUT2D eigenvalue weighted by Gasteiger charge is 2.82. The lowest BCUT2D eigenvalue weighted by molar-refractivity contribution is -0.244. The van der Waals surface area contributed by atoms with Gasteiger partial charge in [-0.05, 0) is 31.9 Å². The van der Waals surface area contributed by atoms with E-state index in [2.05, 4.69) is 5.32 Å². The van der Waals surface area contributed by atoms with Crippen molar-refractivity contribution >= 4 is 41.0 Å². The number of nitrogens with one attached hydrogen (secondary N) is 1. The van der Waals surface area contributed by atoms with Crippen LogP contribution in [0.1, 0.15) is 53.8 Å². The van der Waals surface area contributed by atoms with Crippen LogP contribution >= 0.6 is 11.8 Å². The second-order valence-corrected chi connectivity index (χ2v) is 10.9. The molecule has 4 rings (SSSR count). The molecule has 3 aliphatic carbocycles. The summed E-state index contributed by atoms with van der Waals surface area (Å²) in [6.45, 7) is 2.61. The predicted octanol–water partition coefficient (Wildman–Crippen LogP) is -0.261. The van der Waals surface area contributed by atoms with E-state index in [1.165, 1.54) is 13.0 Å². The fraction of sp³-hybridized carbons (Fsp3) is 0.458. The maximum absolute atomic E-state index is 14.0. The molecular weight excluding hydrogens is 494 g/mol. The molecule has 0 saturated heterocycles. The van der Waals surface area contributed by atoms with Crippen LogP contribution in [0.5, 0.6) is 5.75 Å². The molecular formula is C24H25NO10S. The van der Waals surface area contributed by atoms with E-state index in [4.69, 9.17) is 0 Å². The van der Waals surface area contributed by atoms with Gasteiger partial charge in [0.05, 0.1) is 5.56 Å². The van der Waals surface area contributed by atoms with Crippen LogP contribution < -0.4 is 5.32 Å². The molecule has 1 aromatic carbocycles. The fourth-order valence-electron chi connectivity index (χ4n) is 5.72. The quantitative estimate of drug-likeness (QED) is 0.299. The van der Waals surface area contributed by atoms with E-state index < -0.39 is 92.3 Å². The molecule has 3 aliphatic rings. The maximum Gasteiger partial charge on any atom is 0.327 e. The number of aromatic hydroxyl groups is 1. The number of carboxylic acids is 1. The summed E-state index contributed by atoms with van der Waals surface area (Å²) in [5, 5.41) is 57.6. The van der Waals surface area contributed by atoms with Crippen molar-refractivity contribution < 1.29 is 49.5 Å². The molecule has 11 nitrogen and oxygen atoms in total. The number of amides is 1. The maximum atomic E-state index is 14.0. The summed E-state index contributed by atoms with van der Waals surface area (Å²) in [6.07, 6.45) is -0.134. The summed E-state index contributed by atoms with van der Waals surface area (Å²) < 4.78 is -2.38. The molecule has 1 aromatic rings. The molecule has 0 spiro atoms. The van der Waals surface area contributed by atoms with Gasteiger partial charge in [0.2, 0.25) is 11.7 Å². The van der Waals surface area contributed by atoms with E-state index in [1.807, 2.05) is 0 Å². The van der Waals surface area contributed by atoms with Crippen molar-refractivity contribution in [3.8, 4) is 5.75 Å². The highest BCUT2D eigenvalue weighted by molar-refractivity contribution is 8.01. The molecule has 0 unspecified atom stereocenters. The van der Waals surface area contributed by atoms with Crippen molar-refractivity contribution in [2.75, 3.05) is 5.75 Å². The topological polar surface area (TPSA) is 199 Å². The van der Waals surface area contributed by atoms with Gasteiger partial charge in [0.15, 0.2) is 22.8 Å². The average Bonchev–Trinajstić information content (AvgIpc) is 2.78. The second kappa shape index (κ2) is 8.23. The molecule has 0 heterocycles. The minimum atomic E-state index is -3.23. The number of rotatable bonds is 5. The van der Waals surface area contributed by atoms with E-state index in [9.17, 15) is 49.5 Å². The Kier molecular flexibility index (Phi) is 5.95. The summed E-state index contributed by atoms with van der Waals surface area (Å²) in [5.74, 6) is -6.74. The Morgan fingerprint density at radius 2 is 1.75 bits per heavy atom. The lowest BCUT2D eigenvalue weighted by Crippen LogP contribution is -2.86. The van der Waals surface area contributed by atoms with Crippen LogP contribution in [0.15, 0.2) is 29.8 Å². The largest absolute Gasteiger partial charge is 0.507 e. The minimum absolute atomic E-state index is 0.268. The highest BCUT2D eigenvalue weighted by Crippen LogP contribution is 2.62. The molecule has 192 valence electrons. The van der Waals surface area contributed by atoms with E-state index >= 15 is 0 Å². The molecule has 12 heteroatoms. The zero-order valence-electron chi connectivity index (χ0n) is 19.4. The molecule has 1 amide bonds. The number of aliphatic carboxylic acids is 1. The zero-order valence-corrected chi connectivity index (χ0v) is 20.2. The van der Waals surface area contributed by atoms with Crippen molar-refractivity contribution in [3.05, 3.63) is 41.0 Å². The number of carbonyl (C=O) groups excluding carboxylic acids is 4. The number of Topliss-reactive ketones (excluding diaryl/α,β-unsaturated/α-hetero) is 2. The van der Waals surface area contributed by atoms with E-state index in [0.29, 0.717) is 17.3 Å². The smallest absolute Gasteiger partial charge is 0.327 e. The first-order chi connectivity index (χ1) is 16.7. The van der Waals surface area contributed by atoms with Gasteiger partial charge in [-0.25, -0.2) is 4.79 Å². The van der Waals surface area contributed by atoms with Crippen molar-refractivity contribution in [1.29, 1.82) is 0 Å². The molecule has 5 atom stereocenters. The number of carbonyl (C=O) groups is 5. The monoisotopic (exact) mass is 519 g/mol. The number of benzene rings is 1. The number of ketones is 3. The van der Waals surface area contributed by atoms with E-state index in [1.54, 1.807) is 0 Å². The first-order valence-corrected chi connectivity index (χ1v) is 12.1. The van der Waals surface area contributed by atoms with Gasteiger partial charge in [0, 0.05) is 24.7 Å². The Bertz CT molecular complexity index is 1260. The zero-order chi connectivity index (χ0) is 26.8. The normalized spacial score (nSPS) is 34.1. The van der Waals surface area contributed by atoms with Gasteiger partial charge in [-0.1, -0.05) is 17.7 Å². The van der Waals surface area contributed by atoms with Crippen molar-refractivity contribution in [3.63, 3.8) is 0 Å². The number of aliphatic hydroxyl groups is 3. The minimum Gasteiger partial charge on any atom is -0.507 e. The fourth-order valence-corrected chi connectivity index (χ4v) is 7.32. The number of thioether (sulfide) groups is 1. The van der Waals surface area contributed by atoms with E-state index in [-0.39, 0.29) is 6.42 Å². The summed E-state index contributed by atoms with van der Waals surface area (Å²) in [5.41, 5.74) is -9.21. The SMILES string of the molecule is CC(=O)N[C@@H](CS[C@@]12CC[C@]3(O)CC(C)=CC(=O)[C@]3(O)[C@@]1(O)C(=O)c1cccc(O)c1C2=O)C(=O)O. The molecule has 1 fully saturated rings. The average molecular weight is 520 g/mol. The standard InChI is InChI=1S/C24H25NO10S/c1-11-8-16(28)23(34)21(33,9-11)6-7-22(36-10-14(20(31)32)25-12(2)26)19(30)17-13(4-3-5-15(17)27)18(29)24(22,23)35/h3-5,8,14,27,33-35H,6-7,9-10H2,1-2H3,(H,25,26)(H,31,32)/t14-,21-,22+,23+,24+/m0/s1. The van der Waals surface area contributed by atoms with Crippen molar-refractivity contribution in [2.24, 2.45) is 0 Å². The van der Waals surface area contributed by atoms with Gasteiger partial charge in [0.25, 0.3) is 0 Å². The lowest BCUT2D eigenvalue weighted by atomic mass is 9.48. The van der Waals surface area contributed by atoms with Crippen LogP contribution in [-0.4, -0.2) is 88.1 Å². The molecule has 0 aromatic heterocycles. The third kappa shape index (κ3) is 3.14. The van der Waals surface area contributed by atoms with Crippen LogP contribution in [0.4, 0.5) is 0 Å². The third-order valence-electron chi connectivity index (χ3n) is 7.36. The van der Waals surface area contributed by atoms with Gasteiger partial charge < -0.3 is 30.8 Å². The van der Waals surface area contributed by atoms with Crippen LogP contribution in [0.2, 0.25) is 0 Å². The van der Waals surface area contributed by atoms with Crippen LogP contribution in [0.3, 0.4) is 0 Å². The Labute approximate surface area is 209 Å². The number of phenols is 1. The van der Waals surface area contributed by atoms with Gasteiger partial charge in [-0.2, -0.15) is 0 Å². The number of hydrogen-bond acceptors (Lipinski definition) is 10. The van der Waals surface area contributed by atoms with Crippen LogP contribution in [0.25, 0.3) is 0 Å². The van der Waals surface area contributed by atoms with Crippen LogP contribution in [0, 0.1) is 0 Å². The molecule has 0 aliphatic heterocycles. The first-order valence-electron chi connectivity index (χ1n) is 11.1. The summed E-state index contributed by atoms with van der Waals surface area (Å²) in [7, 11) is 0. The Balaban J connectivity index is 1.98. The Morgan fingerprint density at radius 3 is 2.36 bits per heavy atom. The summed E-state index contributed by atoms with van der Waals surface area (Å²) in [6, 6.07) is 1.98. The number of hydrogen-bond donors (Lipinski definition) is 6. The molecule has 1 saturated carbocycles. The highest BCUT2D eigenvalue weighted by atomic mass is 32.2. The lowest BCUT2D eigenvalue weighted by Gasteiger charge is -2.63. The molecule has 6 N–H and O–H groups in total. The number of phenolic OH excluding ortho intramolecular Hbond substituents is 1. The first kappa shape index (κ1) is 26.0. The van der Waals surface area contributed by atoms with Gasteiger partial charge in [-0.3, -0.25) is 19.2 Å². The van der Waals surface area contributed by atoms with E-state index in [0.717, 1.165) is 25.1 Å². The van der Waals surface area contributed by atoms with Crippen molar-refractivity contribution in [1.82, 2.24) is 5.32 Å². The second-order valence-electron chi connectivity index (χ2n) is 9.57. The van der Waals surface area contributed by atoms with Gasteiger partial charge in [0.1, 0.15) is 22.1 Å². The summed E-state index contributed by atoms with van der Waals surface area (Å²) >= 11 is 0.475. The predicted molar refractivity (Wildman–Crippen MR) is 125 cm³/mol. The molecule has 36 heavy (non-hydrogen) atoms. The molecule has 0 bridgehead atoms. The Hall–Kier alpha value is -3.06. The van der Waals surface area contributed by atoms with Crippen molar-refractivity contribution in [2.45, 2.75) is 60.7 Å². The number of fused-ring (bicyclic) bond motifs is 4. The third-order valence-corrected chi connectivity index (χ3v) is 9.04. The summed E-state index contributed by atoms with van der Waals surface area (Å²) in [4.78, 5) is 64.4. The Morgan fingerprint density at radius 1 is 1.08 bits per heavy atom.